The van der Waals surface area contributed by atoms with E-state index >= 15 is 0 Å². The van der Waals surface area contributed by atoms with Crippen molar-refractivity contribution in [2.75, 3.05) is 0 Å². The van der Waals surface area contributed by atoms with Crippen molar-refractivity contribution in [3.8, 4) is 0 Å². The molecule has 0 spiro atoms. The first-order chi connectivity index (χ1) is 8.43. The predicted octanol–water partition coefficient (Wildman–Crippen LogP) is 3.09. The van der Waals surface area contributed by atoms with Gasteiger partial charge < -0.3 is 5.11 Å². The zero-order chi connectivity index (χ0) is 13.3. The second kappa shape index (κ2) is 4.50. The number of nitrogens with zero attached hydrogens (tertiary/aromatic N) is 1. The van der Waals surface area contributed by atoms with Crippen LogP contribution in [0.2, 0.25) is 0 Å². The van der Waals surface area contributed by atoms with E-state index in [2.05, 4.69) is 4.98 Å². The molecule has 0 radical (unpaired) electrons. The molecule has 0 bridgehead atoms. The molecule has 0 fully saturated rings. The van der Waals surface area contributed by atoms with E-state index in [1.54, 1.807) is 38.4 Å². The minimum atomic E-state index is -1.24. The third-order valence-corrected chi connectivity index (χ3v) is 3.30. The lowest BCUT2D eigenvalue weighted by Gasteiger charge is -2.26. The van der Waals surface area contributed by atoms with Crippen LogP contribution >= 0.6 is 0 Å². The SMILES string of the molecule is Cc1ccc(C(C)(O)c2cnccc2C)cc1F. The summed E-state index contributed by atoms with van der Waals surface area (Å²) in [4.78, 5) is 4.02. The molecule has 0 aliphatic rings. The average molecular weight is 245 g/mol. The molecule has 1 aromatic carbocycles. The Bertz CT molecular complexity index is 578. The summed E-state index contributed by atoms with van der Waals surface area (Å²) in [5.74, 6) is -0.311. The van der Waals surface area contributed by atoms with Gasteiger partial charge in [-0.25, -0.2) is 4.39 Å². The van der Waals surface area contributed by atoms with Crippen LogP contribution in [-0.4, -0.2) is 10.1 Å². The van der Waals surface area contributed by atoms with Gasteiger partial charge in [-0.3, -0.25) is 4.98 Å². The molecule has 3 heteroatoms. The van der Waals surface area contributed by atoms with E-state index in [0.717, 1.165) is 5.56 Å². The number of halogens is 1. The van der Waals surface area contributed by atoms with Gasteiger partial charge in [0.2, 0.25) is 0 Å². The first-order valence-electron chi connectivity index (χ1n) is 5.83. The summed E-state index contributed by atoms with van der Waals surface area (Å²) in [6.07, 6.45) is 3.29. The number of aryl methyl sites for hydroxylation is 2. The molecular formula is C15H16FNO. The second-order valence-corrected chi connectivity index (χ2v) is 4.73. The highest BCUT2D eigenvalue weighted by Gasteiger charge is 2.28. The molecule has 2 aromatic rings. The van der Waals surface area contributed by atoms with Gasteiger partial charge in [-0.2, -0.15) is 0 Å². The minimum absolute atomic E-state index is 0.311. The normalized spacial score (nSPS) is 14.3. The van der Waals surface area contributed by atoms with Crippen LogP contribution in [0.25, 0.3) is 0 Å². The number of aliphatic hydroxyl groups is 1. The largest absolute Gasteiger partial charge is 0.381 e. The van der Waals surface area contributed by atoms with E-state index in [9.17, 15) is 9.50 Å². The van der Waals surface area contributed by atoms with Crippen LogP contribution in [0.1, 0.15) is 29.2 Å². The fourth-order valence-electron chi connectivity index (χ4n) is 2.02. The molecule has 2 rings (SSSR count). The van der Waals surface area contributed by atoms with E-state index in [-0.39, 0.29) is 5.82 Å². The molecule has 0 aliphatic heterocycles. The predicted molar refractivity (Wildman–Crippen MR) is 68.8 cm³/mol. The van der Waals surface area contributed by atoms with E-state index in [1.165, 1.54) is 6.07 Å². The molecule has 1 unspecified atom stereocenters. The van der Waals surface area contributed by atoms with E-state index < -0.39 is 5.60 Å². The number of hydrogen-bond donors (Lipinski definition) is 1. The fraction of sp³-hybridized carbons (Fsp3) is 0.267. The maximum atomic E-state index is 13.6. The van der Waals surface area contributed by atoms with Gasteiger partial charge in [0, 0.05) is 18.0 Å². The lowest BCUT2D eigenvalue weighted by atomic mass is 9.86. The van der Waals surface area contributed by atoms with E-state index in [4.69, 9.17) is 0 Å². The van der Waals surface area contributed by atoms with Gasteiger partial charge in [-0.1, -0.05) is 12.1 Å². The summed E-state index contributed by atoms with van der Waals surface area (Å²) in [5, 5.41) is 10.6. The van der Waals surface area contributed by atoms with E-state index in [1.807, 2.05) is 13.0 Å². The summed E-state index contributed by atoms with van der Waals surface area (Å²) >= 11 is 0. The summed E-state index contributed by atoms with van der Waals surface area (Å²) in [5.41, 5.74) is 1.47. The Morgan fingerprint density at radius 1 is 1.17 bits per heavy atom. The molecule has 1 heterocycles. The summed E-state index contributed by atoms with van der Waals surface area (Å²) in [6.45, 7) is 5.25. The second-order valence-electron chi connectivity index (χ2n) is 4.73. The van der Waals surface area contributed by atoms with Gasteiger partial charge in [0.05, 0.1) is 0 Å². The Morgan fingerprint density at radius 2 is 1.89 bits per heavy atom. The average Bonchev–Trinajstić information content (AvgIpc) is 2.33. The maximum Gasteiger partial charge on any atom is 0.126 e. The molecule has 1 N–H and O–H groups in total. The van der Waals surface area contributed by atoms with Crippen LogP contribution in [0.15, 0.2) is 36.7 Å². The van der Waals surface area contributed by atoms with Gasteiger partial charge >= 0.3 is 0 Å². The molecule has 18 heavy (non-hydrogen) atoms. The number of benzene rings is 1. The van der Waals surface area contributed by atoms with Crippen molar-refractivity contribution in [1.29, 1.82) is 0 Å². The monoisotopic (exact) mass is 245 g/mol. The molecule has 0 amide bonds. The van der Waals surface area contributed by atoms with Crippen LogP contribution < -0.4 is 0 Å². The Balaban J connectivity index is 2.54. The lowest BCUT2D eigenvalue weighted by molar-refractivity contribution is 0.101. The van der Waals surface area contributed by atoms with Crippen molar-refractivity contribution in [2.45, 2.75) is 26.4 Å². The zero-order valence-corrected chi connectivity index (χ0v) is 10.7. The van der Waals surface area contributed by atoms with Crippen LogP contribution in [0.4, 0.5) is 4.39 Å². The molecule has 1 atom stereocenters. The Morgan fingerprint density at radius 3 is 2.50 bits per heavy atom. The molecule has 0 saturated carbocycles. The standard InChI is InChI=1S/C15H16FNO/c1-10-6-7-17-9-13(10)15(3,18)12-5-4-11(2)14(16)8-12/h4-9,18H,1-3H3. The Hall–Kier alpha value is -1.74. The highest BCUT2D eigenvalue weighted by Crippen LogP contribution is 2.31. The van der Waals surface area contributed by atoms with Crippen LogP contribution in [-0.2, 0) is 5.60 Å². The van der Waals surface area contributed by atoms with Gasteiger partial charge in [-0.05, 0) is 49.6 Å². The lowest BCUT2D eigenvalue weighted by Crippen LogP contribution is -2.24. The van der Waals surface area contributed by atoms with Crippen molar-refractivity contribution in [3.05, 3.63) is 64.7 Å². The summed E-state index contributed by atoms with van der Waals surface area (Å²) in [6, 6.07) is 6.62. The molecular weight excluding hydrogens is 229 g/mol. The fourth-order valence-corrected chi connectivity index (χ4v) is 2.02. The molecule has 0 saturated heterocycles. The van der Waals surface area contributed by atoms with Crippen molar-refractivity contribution in [3.63, 3.8) is 0 Å². The highest BCUT2D eigenvalue weighted by atomic mass is 19.1. The third kappa shape index (κ3) is 2.14. The number of rotatable bonds is 2. The van der Waals surface area contributed by atoms with E-state index in [0.29, 0.717) is 16.7 Å². The van der Waals surface area contributed by atoms with Gasteiger partial charge in [-0.15, -0.1) is 0 Å². The molecule has 0 aliphatic carbocycles. The molecule has 94 valence electrons. The maximum absolute atomic E-state index is 13.6. The molecule has 2 nitrogen and oxygen atoms in total. The van der Waals surface area contributed by atoms with Crippen molar-refractivity contribution in [1.82, 2.24) is 4.98 Å². The Labute approximate surface area is 106 Å². The number of hydrogen-bond acceptors (Lipinski definition) is 2. The third-order valence-electron chi connectivity index (χ3n) is 3.30. The summed E-state index contributed by atoms with van der Waals surface area (Å²) < 4.78 is 13.6. The first kappa shape index (κ1) is 12.7. The van der Waals surface area contributed by atoms with Crippen LogP contribution in [0, 0.1) is 19.7 Å². The van der Waals surface area contributed by atoms with Crippen LogP contribution in [0.5, 0.6) is 0 Å². The number of pyridine rings is 1. The van der Waals surface area contributed by atoms with Crippen molar-refractivity contribution in [2.24, 2.45) is 0 Å². The van der Waals surface area contributed by atoms with Crippen molar-refractivity contribution >= 4 is 0 Å². The van der Waals surface area contributed by atoms with Gasteiger partial charge in [0.25, 0.3) is 0 Å². The van der Waals surface area contributed by atoms with Gasteiger partial charge in [0.15, 0.2) is 0 Å². The Kier molecular flexibility index (Phi) is 3.18. The quantitative estimate of drug-likeness (QED) is 0.882. The van der Waals surface area contributed by atoms with Crippen molar-refractivity contribution < 1.29 is 9.50 Å². The first-order valence-corrected chi connectivity index (χ1v) is 5.83. The minimum Gasteiger partial charge on any atom is -0.381 e. The molecule has 1 aromatic heterocycles. The highest BCUT2D eigenvalue weighted by molar-refractivity contribution is 5.39. The smallest absolute Gasteiger partial charge is 0.126 e. The summed E-state index contributed by atoms with van der Waals surface area (Å²) in [7, 11) is 0. The zero-order valence-electron chi connectivity index (χ0n) is 10.7. The number of aromatic nitrogens is 1. The van der Waals surface area contributed by atoms with Gasteiger partial charge in [0.1, 0.15) is 11.4 Å². The topological polar surface area (TPSA) is 33.1 Å². The van der Waals surface area contributed by atoms with Crippen LogP contribution in [0.3, 0.4) is 0 Å².